The molecule has 3 amide bonds. The van der Waals surface area contributed by atoms with Gasteiger partial charge in [0.25, 0.3) is 0 Å². The second-order valence-electron chi connectivity index (χ2n) is 7.18. The summed E-state index contributed by atoms with van der Waals surface area (Å²) in [6, 6.07) is 3.64. The van der Waals surface area contributed by atoms with E-state index >= 15 is 0 Å². The number of nitrogens with one attached hydrogen (secondary N) is 3. The lowest BCUT2D eigenvalue weighted by molar-refractivity contribution is -0.119. The van der Waals surface area contributed by atoms with Crippen molar-refractivity contribution in [3.63, 3.8) is 0 Å². The Morgan fingerprint density at radius 2 is 2.26 bits per heavy atom. The van der Waals surface area contributed by atoms with E-state index in [4.69, 9.17) is 0 Å². The zero-order chi connectivity index (χ0) is 18.6. The van der Waals surface area contributed by atoms with Gasteiger partial charge in [0.15, 0.2) is 0 Å². The third-order valence-corrected chi connectivity index (χ3v) is 5.21. The molecule has 142 valence electrons. The molecule has 1 aliphatic heterocycles. The van der Waals surface area contributed by atoms with Crippen LogP contribution >= 0.6 is 0 Å². The predicted molar refractivity (Wildman–Crippen MR) is 98.7 cm³/mol. The van der Waals surface area contributed by atoms with Gasteiger partial charge in [-0.1, -0.05) is 6.07 Å². The van der Waals surface area contributed by atoms with E-state index in [0.717, 1.165) is 36.9 Å². The molecule has 2 aromatic rings. The fourth-order valence-electron chi connectivity index (χ4n) is 3.82. The number of hydrogen-bond acceptors (Lipinski definition) is 4. The number of aromatic nitrogens is 3. The Morgan fingerprint density at radius 1 is 1.33 bits per heavy atom. The number of fused-ring (bicyclic) bond motifs is 1. The summed E-state index contributed by atoms with van der Waals surface area (Å²) in [6.07, 6.45) is 7.93. The molecule has 1 atom stereocenters. The molecule has 8 heteroatoms. The Morgan fingerprint density at radius 3 is 3.04 bits per heavy atom. The standard InChI is InChI=1S/C19H24N6O2/c26-18-7-6-14(22-18)12-25(11-13-3-2-8-20-9-13)19(27)21-10-17-15-4-1-5-16(15)23-24-17/h2-3,8-9,14H,1,4-7,10-12H2,(H,21,27)(H,22,26)(H,23,24)/t14-/m0/s1. The minimum absolute atomic E-state index is 0.00504. The summed E-state index contributed by atoms with van der Waals surface area (Å²) in [6.45, 7) is 1.33. The summed E-state index contributed by atoms with van der Waals surface area (Å²) in [5.41, 5.74) is 4.32. The highest BCUT2D eigenvalue weighted by Gasteiger charge is 2.26. The Balaban J connectivity index is 1.41. The average molecular weight is 368 g/mol. The van der Waals surface area contributed by atoms with Crippen LogP contribution < -0.4 is 10.6 Å². The van der Waals surface area contributed by atoms with Crippen molar-refractivity contribution in [3.05, 3.63) is 47.0 Å². The Kier molecular flexibility index (Phi) is 5.04. The average Bonchev–Trinajstić information content (AvgIpc) is 3.38. The first kappa shape index (κ1) is 17.5. The lowest BCUT2D eigenvalue weighted by Gasteiger charge is -2.26. The largest absolute Gasteiger partial charge is 0.352 e. The van der Waals surface area contributed by atoms with Crippen molar-refractivity contribution in [1.29, 1.82) is 0 Å². The van der Waals surface area contributed by atoms with Crippen molar-refractivity contribution in [2.75, 3.05) is 6.54 Å². The van der Waals surface area contributed by atoms with Gasteiger partial charge >= 0.3 is 6.03 Å². The minimum atomic E-state index is -0.158. The fraction of sp³-hybridized carbons (Fsp3) is 0.474. The molecule has 0 bridgehead atoms. The van der Waals surface area contributed by atoms with Crippen LogP contribution in [-0.2, 0) is 30.7 Å². The lowest BCUT2D eigenvalue weighted by Crippen LogP contribution is -2.45. The van der Waals surface area contributed by atoms with Gasteiger partial charge in [-0.2, -0.15) is 5.10 Å². The molecule has 0 saturated carbocycles. The molecule has 2 aliphatic rings. The van der Waals surface area contributed by atoms with E-state index in [-0.39, 0.29) is 18.0 Å². The fourth-order valence-corrected chi connectivity index (χ4v) is 3.82. The van der Waals surface area contributed by atoms with Crippen molar-refractivity contribution in [1.82, 2.24) is 30.7 Å². The molecule has 2 aromatic heterocycles. The SMILES string of the molecule is O=C1CC[C@@H](CN(Cc2cccnc2)C(=O)NCc2n[nH]c3c2CCC3)N1. The third-order valence-electron chi connectivity index (χ3n) is 5.21. The molecule has 1 fully saturated rings. The van der Waals surface area contributed by atoms with Crippen molar-refractivity contribution < 1.29 is 9.59 Å². The van der Waals surface area contributed by atoms with Gasteiger partial charge < -0.3 is 15.5 Å². The van der Waals surface area contributed by atoms with Crippen LogP contribution in [0.25, 0.3) is 0 Å². The number of H-pyrrole nitrogens is 1. The van der Waals surface area contributed by atoms with Crippen molar-refractivity contribution in [2.24, 2.45) is 0 Å². The first-order valence-corrected chi connectivity index (χ1v) is 9.45. The van der Waals surface area contributed by atoms with Crippen LogP contribution in [0, 0.1) is 0 Å². The van der Waals surface area contributed by atoms with Gasteiger partial charge in [0, 0.05) is 43.6 Å². The van der Waals surface area contributed by atoms with Gasteiger partial charge in [0.05, 0.1) is 12.2 Å². The number of aryl methyl sites for hydroxylation is 1. The third kappa shape index (κ3) is 4.10. The van der Waals surface area contributed by atoms with Crippen LogP contribution in [0.2, 0.25) is 0 Å². The summed E-state index contributed by atoms with van der Waals surface area (Å²) in [7, 11) is 0. The molecule has 0 spiro atoms. The van der Waals surface area contributed by atoms with Crippen molar-refractivity contribution >= 4 is 11.9 Å². The van der Waals surface area contributed by atoms with E-state index in [1.807, 2.05) is 12.1 Å². The molecule has 4 rings (SSSR count). The molecule has 1 aliphatic carbocycles. The molecule has 3 N–H and O–H groups in total. The lowest BCUT2D eigenvalue weighted by atomic mass is 10.2. The summed E-state index contributed by atoms with van der Waals surface area (Å²) in [5, 5.41) is 13.3. The highest BCUT2D eigenvalue weighted by atomic mass is 16.2. The molecule has 3 heterocycles. The normalized spacial score (nSPS) is 18.2. The van der Waals surface area contributed by atoms with Crippen LogP contribution in [0.5, 0.6) is 0 Å². The molecule has 0 aromatic carbocycles. The zero-order valence-corrected chi connectivity index (χ0v) is 15.2. The Hall–Kier alpha value is -2.90. The number of amides is 3. The van der Waals surface area contributed by atoms with E-state index in [9.17, 15) is 9.59 Å². The van der Waals surface area contributed by atoms with Crippen LogP contribution in [0.3, 0.4) is 0 Å². The smallest absolute Gasteiger partial charge is 0.318 e. The molecule has 0 unspecified atom stereocenters. The van der Waals surface area contributed by atoms with E-state index in [0.29, 0.717) is 26.1 Å². The summed E-state index contributed by atoms with van der Waals surface area (Å²) >= 11 is 0. The van der Waals surface area contributed by atoms with Gasteiger partial charge in [-0.15, -0.1) is 0 Å². The number of aromatic amines is 1. The summed E-state index contributed by atoms with van der Waals surface area (Å²) in [4.78, 5) is 30.2. The Labute approximate surface area is 157 Å². The van der Waals surface area contributed by atoms with E-state index < -0.39 is 0 Å². The predicted octanol–water partition coefficient (Wildman–Crippen LogP) is 1.28. The van der Waals surface area contributed by atoms with Crippen molar-refractivity contribution in [3.8, 4) is 0 Å². The first-order valence-electron chi connectivity index (χ1n) is 9.45. The van der Waals surface area contributed by atoms with Crippen LogP contribution in [0.4, 0.5) is 4.79 Å². The number of nitrogens with zero attached hydrogens (tertiary/aromatic N) is 3. The molecular formula is C19H24N6O2. The summed E-state index contributed by atoms with van der Waals surface area (Å²) in [5.74, 6) is 0.0498. The highest BCUT2D eigenvalue weighted by molar-refractivity contribution is 5.79. The van der Waals surface area contributed by atoms with E-state index in [2.05, 4.69) is 25.8 Å². The zero-order valence-electron chi connectivity index (χ0n) is 15.2. The van der Waals surface area contributed by atoms with E-state index in [1.54, 1.807) is 17.3 Å². The summed E-state index contributed by atoms with van der Waals surface area (Å²) < 4.78 is 0. The van der Waals surface area contributed by atoms with Gasteiger partial charge in [0.1, 0.15) is 0 Å². The molecule has 1 saturated heterocycles. The molecule has 8 nitrogen and oxygen atoms in total. The highest BCUT2D eigenvalue weighted by Crippen LogP contribution is 2.22. The van der Waals surface area contributed by atoms with Gasteiger partial charge in [-0.25, -0.2) is 4.79 Å². The monoisotopic (exact) mass is 368 g/mol. The van der Waals surface area contributed by atoms with E-state index in [1.165, 1.54) is 11.3 Å². The molecule has 27 heavy (non-hydrogen) atoms. The van der Waals surface area contributed by atoms with Gasteiger partial charge in [-0.3, -0.25) is 14.9 Å². The molecular weight excluding hydrogens is 344 g/mol. The van der Waals surface area contributed by atoms with Crippen LogP contribution in [0.15, 0.2) is 24.5 Å². The number of rotatable bonds is 6. The molecule has 0 radical (unpaired) electrons. The number of carbonyl (C=O) groups excluding carboxylic acids is 2. The van der Waals surface area contributed by atoms with Gasteiger partial charge in [-0.05, 0) is 42.9 Å². The maximum absolute atomic E-state index is 12.9. The topological polar surface area (TPSA) is 103 Å². The number of carbonyl (C=O) groups is 2. The second-order valence-corrected chi connectivity index (χ2v) is 7.18. The number of urea groups is 1. The van der Waals surface area contributed by atoms with Crippen LogP contribution in [0.1, 0.15) is 41.8 Å². The number of pyridine rings is 1. The maximum atomic E-state index is 12.9. The quantitative estimate of drug-likeness (QED) is 0.715. The number of hydrogen-bond donors (Lipinski definition) is 3. The van der Waals surface area contributed by atoms with Crippen molar-refractivity contribution in [2.45, 2.75) is 51.2 Å². The maximum Gasteiger partial charge on any atom is 0.318 e. The van der Waals surface area contributed by atoms with Gasteiger partial charge in [0.2, 0.25) is 5.91 Å². The Bertz CT molecular complexity index is 819. The first-order chi connectivity index (χ1) is 13.2. The minimum Gasteiger partial charge on any atom is -0.352 e. The van der Waals surface area contributed by atoms with Crippen LogP contribution in [-0.4, -0.2) is 44.6 Å². The second kappa shape index (κ2) is 7.77.